The molecule has 1 aliphatic heterocycles. The Bertz CT molecular complexity index is 664. The standard InChI is InChI=1S/C18H24ClN3O/c1-21(12-14-7-8-22(13-14)9-10-23-2)18-6-3-15-11-16(19)4-5-17(15)20-18/h3-6,11,14H,7-10,12-13H2,1-2H3. The first-order valence-corrected chi connectivity index (χ1v) is 8.52. The van der Waals surface area contributed by atoms with Crippen molar-refractivity contribution in [1.82, 2.24) is 9.88 Å². The van der Waals surface area contributed by atoms with E-state index in [1.54, 1.807) is 7.11 Å². The summed E-state index contributed by atoms with van der Waals surface area (Å²) in [6.07, 6.45) is 1.25. The van der Waals surface area contributed by atoms with Crippen molar-refractivity contribution in [2.24, 2.45) is 5.92 Å². The van der Waals surface area contributed by atoms with Gasteiger partial charge in [0.15, 0.2) is 0 Å². The third-order valence-electron chi connectivity index (χ3n) is 4.54. The number of pyridine rings is 1. The van der Waals surface area contributed by atoms with Crippen LogP contribution in [-0.2, 0) is 4.74 Å². The smallest absolute Gasteiger partial charge is 0.128 e. The monoisotopic (exact) mass is 333 g/mol. The fourth-order valence-electron chi connectivity index (χ4n) is 3.26. The van der Waals surface area contributed by atoms with Crippen LogP contribution in [0.25, 0.3) is 10.9 Å². The van der Waals surface area contributed by atoms with E-state index in [2.05, 4.69) is 29.0 Å². The van der Waals surface area contributed by atoms with Gasteiger partial charge in [-0.2, -0.15) is 0 Å². The van der Waals surface area contributed by atoms with E-state index in [0.717, 1.165) is 48.0 Å². The number of fused-ring (bicyclic) bond motifs is 1. The highest BCUT2D eigenvalue weighted by molar-refractivity contribution is 6.31. The Morgan fingerprint density at radius 1 is 1.35 bits per heavy atom. The fourth-order valence-corrected chi connectivity index (χ4v) is 3.45. The number of hydrogen-bond acceptors (Lipinski definition) is 4. The summed E-state index contributed by atoms with van der Waals surface area (Å²) in [7, 11) is 3.89. The summed E-state index contributed by atoms with van der Waals surface area (Å²) in [4.78, 5) is 9.51. The molecule has 1 atom stereocenters. The van der Waals surface area contributed by atoms with Gasteiger partial charge in [-0.1, -0.05) is 11.6 Å². The van der Waals surface area contributed by atoms with Crippen molar-refractivity contribution in [3.63, 3.8) is 0 Å². The number of benzene rings is 1. The van der Waals surface area contributed by atoms with Gasteiger partial charge in [0.05, 0.1) is 12.1 Å². The van der Waals surface area contributed by atoms with E-state index in [0.29, 0.717) is 5.92 Å². The summed E-state index contributed by atoms with van der Waals surface area (Å²) >= 11 is 6.03. The third kappa shape index (κ3) is 4.14. The van der Waals surface area contributed by atoms with Gasteiger partial charge in [0.1, 0.15) is 5.82 Å². The van der Waals surface area contributed by atoms with E-state index >= 15 is 0 Å². The van der Waals surface area contributed by atoms with Crippen molar-refractivity contribution in [2.45, 2.75) is 6.42 Å². The van der Waals surface area contributed by atoms with Crippen LogP contribution in [0.1, 0.15) is 6.42 Å². The van der Waals surface area contributed by atoms with Gasteiger partial charge in [0.25, 0.3) is 0 Å². The highest BCUT2D eigenvalue weighted by atomic mass is 35.5. The van der Waals surface area contributed by atoms with Crippen molar-refractivity contribution in [3.8, 4) is 0 Å². The Balaban J connectivity index is 1.62. The van der Waals surface area contributed by atoms with Crippen LogP contribution in [0, 0.1) is 5.92 Å². The van der Waals surface area contributed by atoms with Crippen LogP contribution in [0.5, 0.6) is 0 Å². The molecule has 0 saturated carbocycles. The normalized spacial score (nSPS) is 18.7. The molecule has 0 N–H and O–H groups in total. The number of rotatable bonds is 6. The molecule has 1 unspecified atom stereocenters. The Morgan fingerprint density at radius 2 is 2.22 bits per heavy atom. The van der Waals surface area contributed by atoms with Gasteiger partial charge in [0.2, 0.25) is 0 Å². The summed E-state index contributed by atoms with van der Waals surface area (Å²) in [6, 6.07) is 10.0. The maximum absolute atomic E-state index is 6.03. The number of anilines is 1. The van der Waals surface area contributed by atoms with Gasteiger partial charge in [-0.3, -0.25) is 0 Å². The first kappa shape index (κ1) is 16.5. The molecule has 23 heavy (non-hydrogen) atoms. The first-order chi connectivity index (χ1) is 11.2. The maximum Gasteiger partial charge on any atom is 0.128 e. The number of halogens is 1. The minimum Gasteiger partial charge on any atom is -0.383 e. The highest BCUT2D eigenvalue weighted by Crippen LogP contribution is 2.23. The molecule has 0 amide bonds. The van der Waals surface area contributed by atoms with E-state index in [-0.39, 0.29) is 0 Å². The molecule has 0 spiro atoms. The third-order valence-corrected chi connectivity index (χ3v) is 4.78. The van der Waals surface area contributed by atoms with E-state index in [4.69, 9.17) is 21.3 Å². The molecule has 124 valence electrons. The predicted octanol–water partition coefficient (Wildman–Crippen LogP) is 3.29. The fraction of sp³-hybridized carbons (Fsp3) is 0.500. The van der Waals surface area contributed by atoms with E-state index in [9.17, 15) is 0 Å². The van der Waals surface area contributed by atoms with Gasteiger partial charge in [-0.05, 0) is 49.2 Å². The van der Waals surface area contributed by atoms with Gasteiger partial charge in [0, 0.05) is 44.2 Å². The molecule has 5 heteroatoms. The molecule has 2 heterocycles. The van der Waals surface area contributed by atoms with Crippen molar-refractivity contribution in [3.05, 3.63) is 35.4 Å². The number of nitrogens with zero attached hydrogens (tertiary/aromatic N) is 3. The molecule has 4 nitrogen and oxygen atoms in total. The number of ether oxygens (including phenoxy) is 1. The number of methoxy groups -OCH3 is 1. The minimum absolute atomic E-state index is 0.694. The quantitative estimate of drug-likeness (QED) is 0.811. The molecule has 3 rings (SSSR count). The van der Waals surface area contributed by atoms with Crippen LogP contribution in [0.15, 0.2) is 30.3 Å². The Kier molecular flexibility index (Phi) is 5.36. The second-order valence-corrected chi connectivity index (χ2v) is 6.77. The lowest BCUT2D eigenvalue weighted by Gasteiger charge is -2.23. The van der Waals surface area contributed by atoms with Crippen LogP contribution in [0.2, 0.25) is 5.02 Å². The predicted molar refractivity (Wildman–Crippen MR) is 96.4 cm³/mol. The van der Waals surface area contributed by atoms with E-state index in [1.807, 2.05) is 18.2 Å². The van der Waals surface area contributed by atoms with Gasteiger partial charge in [-0.15, -0.1) is 0 Å². The van der Waals surface area contributed by atoms with Crippen LogP contribution in [0.4, 0.5) is 5.82 Å². The summed E-state index contributed by atoms with van der Waals surface area (Å²) in [6.45, 7) is 5.21. The second kappa shape index (κ2) is 7.47. The molecular formula is C18H24ClN3O. The van der Waals surface area contributed by atoms with Crippen LogP contribution in [-0.4, -0.2) is 56.8 Å². The van der Waals surface area contributed by atoms with Crippen LogP contribution in [0.3, 0.4) is 0 Å². The minimum atomic E-state index is 0.694. The van der Waals surface area contributed by atoms with Crippen molar-refractivity contribution in [2.75, 3.05) is 51.8 Å². The molecular weight excluding hydrogens is 310 g/mol. The first-order valence-electron chi connectivity index (χ1n) is 8.14. The highest BCUT2D eigenvalue weighted by Gasteiger charge is 2.23. The second-order valence-electron chi connectivity index (χ2n) is 6.34. The SMILES string of the molecule is COCCN1CCC(CN(C)c2ccc3cc(Cl)ccc3n2)C1. The lowest BCUT2D eigenvalue weighted by atomic mass is 10.1. The van der Waals surface area contributed by atoms with E-state index in [1.165, 1.54) is 13.0 Å². The van der Waals surface area contributed by atoms with Crippen molar-refractivity contribution < 1.29 is 4.74 Å². The van der Waals surface area contributed by atoms with Crippen LogP contribution >= 0.6 is 11.6 Å². The lowest BCUT2D eigenvalue weighted by molar-refractivity contribution is 0.159. The summed E-state index contributed by atoms with van der Waals surface area (Å²) < 4.78 is 5.17. The molecule has 0 aliphatic carbocycles. The summed E-state index contributed by atoms with van der Waals surface area (Å²) in [5.74, 6) is 1.72. The van der Waals surface area contributed by atoms with Crippen molar-refractivity contribution in [1.29, 1.82) is 0 Å². The lowest BCUT2D eigenvalue weighted by Crippen LogP contribution is -2.30. The van der Waals surface area contributed by atoms with E-state index < -0.39 is 0 Å². The number of likely N-dealkylation sites (tertiary alicyclic amines) is 1. The molecule has 1 fully saturated rings. The topological polar surface area (TPSA) is 28.6 Å². The van der Waals surface area contributed by atoms with Gasteiger partial charge in [-0.25, -0.2) is 4.98 Å². The molecule has 0 radical (unpaired) electrons. The zero-order valence-electron chi connectivity index (χ0n) is 13.8. The summed E-state index contributed by atoms with van der Waals surface area (Å²) in [5.41, 5.74) is 0.992. The molecule has 1 aromatic carbocycles. The van der Waals surface area contributed by atoms with Crippen molar-refractivity contribution >= 4 is 28.3 Å². The largest absolute Gasteiger partial charge is 0.383 e. The average Bonchev–Trinajstić information content (AvgIpc) is 2.99. The number of hydrogen-bond donors (Lipinski definition) is 0. The molecule has 1 aliphatic rings. The Labute approximate surface area is 143 Å². The Morgan fingerprint density at radius 3 is 3.04 bits per heavy atom. The number of aromatic nitrogens is 1. The molecule has 1 aromatic heterocycles. The molecule has 1 saturated heterocycles. The Hall–Kier alpha value is -1.36. The zero-order chi connectivity index (χ0) is 16.2. The average molecular weight is 334 g/mol. The zero-order valence-corrected chi connectivity index (χ0v) is 14.6. The maximum atomic E-state index is 6.03. The van der Waals surface area contributed by atoms with Gasteiger partial charge < -0.3 is 14.5 Å². The van der Waals surface area contributed by atoms with Crippen LogP contribution < -0.4 is 4.90 Å². The molecule has 2 aromatic rings. The van der Waals surface area contributed by atoms with Gasteiger partial charge >= 0.3 is 0 Å². The molecule has 0 bridgehead atoms. The summed E-state index contributed by atoms with van der Waals surface area (Å²) in [5, 5.41) is 1.84.